The van der Waals surface area contributed by atoms with Crippen LogP contribution in [0.5, 0.6) is 0 Å². The lowest BCUT2D eigenvalue weighted by atomic mass is 10.0. The summed E-state index contributed by atoms with van der Waals surface area (Å²) in [4.78, 5) is 15.0. The van der Waals surface area contributed by atoms with Gasteiger partial charge in [0.15, 0.2) is 0 Å². The minimum Gasteiger partial charge on any atom is -0.324 e. The molecule has 1 aromatic carbocycles. The van der Waals surface area contributed by atoms with E-state index >= 15 is 0 Å². The van der Waals surface area contributed by atoms with Crippen LogP contribution in [0.1, 0.15) is 43.8 Å². The summed E-state index contributed by atoms with van der Waals surface area (Å²) in [5, 5.41) is 5.04. The average molecular weight is 373 g/mol. The van der Waals surface area contributed by atoms with E-state index in [1.54, 1.807) is 17.5 Å². The highest BCUT2D eigenvalue weighted by atomic mass is 35.5. The first-order valence-corrected chi connectivity index (χ1v) is 9.65. The fraction of sp³-hybridized carbons (Fsp3) is 0.316. The van der Waals surface area contributed by atoms with Crippen molar-refractivity contribution in [1.82, 2.24) is 15.0 Å². The zero-order chi connectivity index (χ0) is 17.8. The molecule has 4 nitrogen and oxygen atoms in total. The van der Waals surface area contributed by atoms with Gasteiger partial charge in [-0.2, -0.15) is 0 Å². The highest BCUT2D eigenvalue weighted by molar-refractivity contribution is 7.15. The van der Waals surface area contributed by atoms with Crippen LogP contribution in [-0.2, 0) is 6.42 Å². The minimum absolute atomic E-state index is 0.408. The number of nitrogens with one attached hydrogen (secondary N) is 1. The fourth-order valence-corrected chi connectivity index (χ4v) is 3.76. The van der Waals surface area contributed by atoms with Crippen molar-refractivity contribution >= 4 is 34.6 Å². The Balaban J connectivity index is 1.95. The van der Waals surface area contributed by atoms with Crippen LogP contribution in [0.25, 0.3) is 10.6 Å². The third-order valence-corrected chi connectivity index (χ3v) is 5.52. The summed E-state index contributed by atoms with van der Waals surface area (Å²) in [5.41, 5.74) is 2.91. The summed E-state index contributed by atoms with van der Waals surface area (Å²) in [6, 6.07) is 9.47. The normalized spacial score (nSPS) is 12.2. The summed E-state index contributed by atoms with van der Waals surface area (Å²) in [7, 11) is 0. The molecule has 0 aliphatic carbocycles. The van der Waals surface area contributed by atoms with E-state index < -0.39 is 0 Å². The fourth-order valence-electron chi connectivity index (χ4n) is 2.48. The van der Waals surface area contributed by atoms with Gasteiger partial charge in [0.1, 0.15) is 0 Å². The van der Waals surface area contributed by atoms with Crippen molar-refractivity contribution in [3.8, 4) is 10.6 Å². The molecule has 1 atom stereocenters. The summed E-state index contributed by atoms with van der Waals surface area (Å²) >= 11 is 7.76. The smallest absolute Gasteiger partial charge is 0.227 e. The topological polar surface area (TPSA) is 50.7 Å². The number of hydrogen-bond donors (Lipinski definition) is 1. The van der Waals surface area contributed by atoms with Crippen molar-refractivity contribution in [1.29, 1.82) is 0 Å². The van der Waals surface area contributed by atoms with Crippen LogP contribution in [-0.4, -0.2) is 15.0 Å². The van der Waals surface area contributed by atoms with E-state index in [-0.39, 0.29) is 0 Å². The maximum Gasteiger partial charge on any atom is 0.227 e. The standard InChI is InChI=1S/C19H21ClN4S/c1-4-12(3)17-18(25-16(5-2)24-17)15-9-10-21-19(23-15)22-14-8-6-7-13(20)11-14/h6-12H,4-5H2,1-3H3,(H,21,22,23). The highest BCUT2D eigenvalue weighted by Gasteiger charge is 2.18. The second-order valence-corrected chi connectivity index (χ2v) is 7.41. The average Bonchev–Trinajstić information content (AvgIpc) is 3.06. The lowest BCUT2D eigenvalue weighted by molar-refractivity contribution is 0.711. The van der Waals surface area contributed by atoms with Gasteiger partial charge in [-0.25, -0.2) is 15.0 Å². The highest BCUT2D eigenvalue weighted by Crippen LogP contribution is 2.35. The molecule has 0 bridgehead atoms. The number of thiazole rings is 1. The Labute approximate surface area is 157 Å². The molecule has 0 spiro atoms. The molecule has 0 amide bonds. The van der Waals surface area contributed by atoms with Gasteiger partial charge in [-0.15, -0.1) is 11.3 Å². The molecular weight excluding hydrogens is 352 g/mol. The largest absolute Gasteiger partial charge is 0.324 e. The van der Waals surface area contributed by atoms with Crippen LogP contribution in [0.15, 0.2) is 36.5 Å². The summed E-state index contributed by atoms with van der Waals surface area (Å²) in [5.74, 6) is 0.965. The van der Waals surface area contributed by atoms with Gasteiger partial charge in [0.2, 0.25) is 5.95 Å². The molecule has 3 aromatic rings. The molecule has 0 fully saturated rings. The molecule has 1 N–H and O–H groups in total. The van der Waals surface area contributed by atoms with E-state index in [4.69, 9.17) is 21.6 Å². The Bertz CT molecular complexity index is 862. The van der Waals surface area contributed by atoms with Gasteiger partial charge in [0.05, 0.1) is 21.3 Å². The van der Waals surface area contributed by atoms with Gasteiger partial charge in [-0.3, -0.25) is 0 Å². The molecule has 2 aromatic heterocycles. The lowest BCUT2D eigenvalue weighted by Crippen LogP contribution is -1.99. The maximum atomic E-state index is 6.04. The number of nitrogens with zero attached hydrogens (tertiary/aromatic N) is 3. The summed E-state index contributed by atoms with van der Waals surface area (Å²) in [6.45, 7) is 6.53. The second kappa shape index (κ2) is 7.93. The molecule has 3 rings (SSSR count). The van der Waals surface area contributed by atoms with E-state index in [1.807, 2.05) is 30.3 Å². The molecule has 6 heteroatoms. The number of halogens is 1. The van der Waals surface area contributed by atoms with Crippen LogP contribution in [0.3, 0.4) is 0 Å². The van der Waals surface area contributed by atoms with Crippen LogP contribution in [0.2, 0.25) is 5.02 Å². The Morgan fingerprint density at radius 1 is 1.20 bits per heavy atom. The predicted octanol–water partition coefficient (Wildman–Crippen LogP) is 6.07. The molecule has 0 aliphatic heterocycles. The molecule has 0 saturated heterocycles. The number of hydrogen-bond acceptors (Lipinski definition) is 5. The number of anilines is 2. The third-order valence-electron chi connectivity index (χ3n) is 4.05. The Morgan fingerprint density at radius 2 is 2.04 bits per heavy atom. The third kappa shape index (κ3) is 4.17. The summed E-state index contributed by atoms with van der Waals surface area (Å²) in [6.07, 6.45) is 3.77. The first-order chi connectivity index (χ1) is 12.1. The van der Waals surface area contributed by atoms with Gasteiger partial charge in [0, 0.05) is 16.9 Å². The second-order valence-electron chi connectivity index (χ2n) is 5.89. The zero-order valence-electron chi connectivity index (χ0n) is 14.6. The lowest BCUT2D eigenvalue weighted by Gasteiger charge is -2.09. The van der Waals surface area contributed by atoms with Crippen LogP contribution >= 0.6 is 22.9 Å². The Hall–Kier alpha value is -1.98. The Kier molecular flexibility index (Phi) is 5.66. The monoisotopic (exact) mass is 372 g/mol. The van der Waals surface area contributed by atoms with Crippen molar-refractivity contribution in [3.05, 3.63) is 52.3 Å². The molecule has 130 valence electrons. The van der Waals surface area contributed by atoms with Crippen molar-refractivity contribution in [3.63, 3.8) is 0 Å². The van der Waals surface area contributed by atoms with E-state index in [1.165, 1.54) is 0 Å². The van der Waals surface area contributed by atoms with E-state index in [0.29, 0.717) is 16.9 Å². The van der Waals surface area contributed by atoms with Gasteiger partial charge >= 0.3 is 0 Å². The van der Waals surface area contributed by atoms with Crippen LogP contribution in [0.4, 0.5) is 11.6 Å². The summed E-state index contributed by atoms with van der Waals surface area (Å²) < 4.78 is 0. The first-order valence-electron chi connectivity index (χ1n) is 8.46. The van der Waals surface area contributed by atoms with Gasteiger partial charge in [-0.05, 0) is 43.0 Å². The van der Waals surface area contributed by atoms with Gasteiger partial charge in [-0.1, -0.05) is 38.4 Å². The van der Waals surface area contributed by atoms with Crippen molar-refractivity contribution < 1.29 is 0 Å². The van der Waals surface area contributed by atoms with Crippen molar-refractivity contribution in [2.75, 3.05) is 5.32 Å². The molecular formula is C19H21ClN4S. The molecule has 25 heavy (non-hydrogen) atoms. The maximum absolute atomic E-state index is 6.04. The van der Waals surface area contributed by atoms with Gasteiger partial charge in [0.25, 0.3) is 0 Å². The molecule has 1 unspecified atom stereocenters. The van der Waals surface area contributed by atoms with E-state index in [0.717, 1.165) is 39.8 Å². The molecule has 0 saturated carbocycles. The number of aryl methyl sites for hydroxylation is 1. The Morgan fingerprint density at radius 3 is 2.76 bits per heavy atom. The number of benzene rings is 1. The molecule has 0 aliphatic rings. The predicted molar refractivity (Wildman–Crippen MR) is 106 cm³/mol. The zero-order valence-corrected chi connectivity index (χ0v) is 16.2. The van der Waals surface area contributed by atoms with Crippen molar-refractivity contribution in [2.45, 2.75) is 39.5 Å². The molecule has 0 radical (unpaired) electrons. The number of aromatic nitrogens is 3. The minimum atomic E-state index is 0.408. The quantitative estimate of drug-likeness (QED) is 0.570. The van der Waals surface area contributed by atoms with E-state index in [2.05, 4.69) is 31.1 Å². The van der Waals surface area contributed by atoms with E-state index in [9.17, 15) is 0 Å². The SMILES string of the molecule is CCc1nc(C(C)CC)c(-c2ccnc(Nc3cccc(Cl)c3)n2)s1. The van der Waals surface area contributed by atoms with Crippen LogP contribution in [0, 0.1) is 0 Å². The number of rotatable bonds is 6. The van der Waals surface area contributed by atoms with Gasteiger partial charge < -0.3 is 5.32 Å². The first kappa shape index (κ1) is 17.8. The van der Waals surface area contributed by atoms with Crippen molar-refractivity contribution in [2.24, 2.45) is 0 Å². The molecule has 2 heterocycles. The van der Waals surface area contributed by atoms with Crippen LogP contribution < -0.4 is 5.32 Å².